The Labute approximate surface area is 99.0 Å². The van der Waals surface area contributed by atoms with Crippen molar-refractivity contribution in [1.82, 2.24) is 0 Å². The van der Waals surface area contributed by atoms with Gasteiger partial charge in [-0.15, -0.1) is 0 Å². The lowest BCUT2D eigenvalue weighted by atomic mass is 10.3. The van der Waals surface area contributed by atoms with Gasteiger partial charge in [0.05, 0.1) is 5.69 Å². The number of halogens is 2. The molecule has 0 spiro atoms. The average Bonchev–Trinajstić information content (AvgIpc) is 2.09. The van der Waals surface area contributed by atoms with E-state index in [1.54, 1.807) is 6.07 Å². The molecule has 0 saturated heterocycles. The quantitative estimate of drug-likeness (QED) is 0.850. The summed E-state index contributed by atoms with van der Waals surface area (Å²) in [4.78, 5) is 0. The van der Waals surface area contributed by atoms with Crippen molar-refractivity contribution in [2.24, 2.45) is 0 Å². The van der Waals surface area contributed by atoms with Gasteiger partial charge in [-0.3, -0.25) is 0 Å². The number of rotatable bonds is 3. The van der Waals surface area contributed by atoms with E-state index in [0.717, 1.165) is 3.57 Å². The van der Waals surface area contributed by atoms with E-state index < -0.39 is 11.0 Å². The summed E-state index contributed by atoms with van der Waals surface area (Å²) in [5, 5.41) is 0.0378. The molecule has 78 valence electrons. The zero-order chi connectivity index (χ0) is 10.7. The zero-order valence-corrected chi connectivity index (χ0v) is 10.9. The van der Waals surface area contributed by atoms with Crippen LogP contribution in [-0.2, 0) is 11.0 Å². The number of anilines is 1. The van der Waals surface area contributed by atoms with Crippen molar-refractivity contribution in [2.45, 2.75) is 19.1 Å². The zero-order valence-electron chi connectivity index (χ0n) is 7.88. The van der Waals surface area contributed by atoms with Crippen molar-refractivity contribution in [1.29, 1.82) is 0 Å². The van der Waals surface area contributed by atoms with Crippen LogP contribution in [0.25, 0.3) is 0 Å². The Balaban J connectivity index is 2.82. The smallest absolute Gasteiger partial charge is 0.124 e. The molecule has 0 fully saturated rings. The Morgan fingerprint density at radius 1 is 1.50 bits per heavy atom. The normalized spacial score (nSPS) is 12.9. The minimum absolute atomic E-state index is 0.0378. The summed E-state index contributed by atoms with van der Waals surface area (Å²) < 4.78 is 27.8. The average molecular weight is 327 g/mol. The molecule has 1 N–H and O–H groups in total. The maximum absolute atomic E-state index is 12.7. The summed E-state index contributed by atoms with van der Waals surface area (Å²) in [5.74, 6) is -0.282. The molecule has 0 aromatic heterocycles. The van der Waals surface area contributed by atoms with Gasteiger partial charge < -0.3 is 4.72 Å². The molecule has 1 rings (SSSR count). The first-order chi connectivity index (χ1) is 6.50. The van der Waals surface area contributed by atoms with E-state index in [9.17, 15) is 8.60 Å². The topological polar surface area (TPSA) is 29.1 Å². The maximum atomic E-state index is 12.7. The van der Waals surface area contributed by atoms with Crippen LogP contribution in [0.1, 0.15) is 13.8 Å². The first-order valence-corrected chi connectivity index (χ1v) is 6.42. The lowest BCUT2D eigenvalue weighted by Gasteiger charge is -2.10. The fraction of sp³-hybridized carbons (Fsp3) is 0.333. The van der Waals surface area contributed by atoms with Crippen molar-refractivity contribution >= 4 is 39.3 Å². The van der Waals surface area contributed by atoms with Gasteiger partial charge in [-0.25, -0.2) is 8.60 Å². The van der Waals surface area contributed by atoms with Crippen LogP contribution in [0, 0.1) is 9.39 Å². The second-order valence-electron chi connectivity index (χ2n) is 3.07. The molecule has 0 radical (unpaired) electrons. The summed E-state index contributed by atoms with van der Waals surface area (Å²) >= 11 is 2.01. The molecule has 0 amide bonds. The van der Waals surface area contributed by atoms with Gasteiger partial charge in [0.15, 0.2) is 0 Å². The highest BCUT2D eigenvalue weighted by molar-refractivity contribution is 14.1. The SMILES string of the molecule is CC(C)S(=O)Nc1ccc(F)cc1I. The molecule has 0 saturated carbocycles. The first kappa shape index (κ1) is 11.9. The molecule has 2 nitrogen and oxygen atoms in total. The summed E-state index contributed by atoms with van der Waals surface area (Å²) in [7, 11) is -1.12. The fourth-order valence-corrected chi connectivity index (χ4v) is 2.22. The highest BCUT2D eigenvalue weighted by Gasteiger charge is 2.07. The van der Waals surface area contributed by atoms with E-state index in [0.29, 0.717) is 5.69 Å². The third kappa shape index (κ3) is 3.20. The van der Waals surface area contributed by atoms with Gasteiger partial charge in [-0.2, -0.15) is 0 Å². The Hall–Kier alpha value is -0.170. The van der Waals surface area contributed by atoms with Gasteiger partial charge in [0.25, 0.3) is 0 Å². The van der Waals surface area contributed by atoms with Crippen molar-refractivity contribution < 1.29 is 8.60 Å². The molecule has 0 bridgehead atoms. The monoisotopic (exact) mass is 327 g/mol. The molecule has 1 unspecified atom stereocenters. The van der Waals surface area contributed by atoms with Crippen LogP contribution in [0.2, 0.25) is 0 Å². The highest BCUT2D eigenvalue weighted by atomic mass is 127. The fourth-order valence-electron chi connectivity index (χ4n) is 0.798. The minimum atomic E-state index is -1.12. The van der Waals surface area contributed by atoms with E-state index in [-0.39, 0.29) is 11.1 Å². The Morgan fingerprint density at radius 3 is 2.64 bits per heavy atom. The van der Waals surface area contributed by atoms with Crippen LogP contribution < -0.4 is 4.72 Å². The third-order valence-corrected chi connectivity index (χ3v) is 3.74. The first-order valence-electron chi connectivity index (χ1n) is 4.13. The molecular weight excluding hydrogens is 316 g/mol. The molecule has 5 heteroatoms. The van der Waals surface area contributed by atoms with Crippen molar-refractivity contribution in [3.63, 3.8) is 0 Å². The van der Waals surface area contributed by atoms with Crippen LogP contribution in [0.5, 0.6) is 0 Å². The van der Waals surface area contributed by atoms with Gasteiger partial charge in [-0.1, -0.05) is 0 Å². The summed E-state index contributed by atoms with van der Waals surface area (Å²) in [6, 6.07) is 4.35. The molecule has 0 aliphatic heterocycles. The van der Waals surface area contributed by atoms with Crippen LogP contribution in [0.3, 0.4) is 0 Å². The van der Waals surface area contributed by atoms with Gasteiger partial charge in [0.1, 0.15) is 16.8 Å². The van der Waals surface area contributed by atoms with Crippen molar-refractivity contribution in [3.05, 3.63) is 27.6 Å². The van der Waals surface area contributed by atoms with Gasteiger partial charge >= 0.3 is 0 Å². The molecule has 0 aliphatic carbocycles. The molecule has 0 aliphatic rings. The molecule has 1 atom stereocenters. The van der Waals surface area contributed by atoms with Gasteiger partial charge in [0.2, 0.25) is 0 Å². The number of benzene rings is 1. The number of hydrogen-bond donors (Lipinski definition) is 1. The highest BCUT2D eigenvalue weighted by Crippen LogP contribution is 2.19. The lowest BCUT2D eigenvalue weighted by molar-refractivity contribution is 0.627. The predicted molar refractivity (Wildman–Crippen MR) is 66.0 cm³/mol. The Morgan fingerprint density at radius 2 is 2.14 bits per heavy atom. The van der Waals surface area contributed by atoms with Gasteiger partial charge in [-0.05, 0) is 54.6 Å². The van der Waals surface area contributed by atoms with Crippen molar-refractivity contribution in [2.75, 3.05) is 4.72 Å². The van der Waals surface area contributed by atoms with E-state index in [2.05, 4.69) is 4.72 Å². The molecule has 0 heterocycles. The van der Waals surface area contributed by atoms with Crippen LogP contribution in [0.15, 0.2) is 18.2 Å². The summed E-state index contributed by atoms with van der Waals surface area (Å²) in [5.41, 5.74) is 0.707. The minimum Gasteiger partial charge on any atom is -0.304 e. The lowest BCUT2D eigenvalue weighted by Crippen LogP contribution is -2.15. The maximum Gasteiger partial charge on any atom is 0.124 e. The summed E-state index contributed by atoms with van der Waals surface area (Å²) in [6.45, 7) is 3.72. The standard InChI is InChI=1S/C9H11FINOS/c1-6(2)14(13)12-9-4-3-7(10)5-8(9)11/h3-6,12H,1-2H3. The second kappa shape index (κ2) is 5.06. The van der Waals surface area contributed by atoms with Crippen molar-refractivity contribution in [3.8, 4) is 0 Å². The Bertz CT molecular complexity index is 357. The third-order valence-electron chi connectivity index (χ3n) is 1.57. The van der Waals surface area contributed by atoms with Crippen LogP contribution in [0.4, 0.5) is 10.1 Å². The van der Waals surface area contributed by atoms with Gasteiger partial charge in [0, 0.05) is 8.82 Å². The molecule has 1 aromatic rings. The molecular formula is C9H11FINOS. The largest absolute Gasteiger partial charge is 0.304 e. The van der Waals surface area contributed by atoms with E-state index in [1.807, 2.05) is 36.4 Å². The number of hydrogen-bond acceptors (Lipinski definition) is 1. The van der Waals surface area contributed by atoms with E-state index in [1.165, 1.54) is 12.1 Å². The Kier molecular flexibility index (Phi) is 4.31. The summed E-state index contributed by atoms with van der Waals surface area (Å²) in [6.07, 6.45) is 0. The van der Waals surface area contributed by atoms with E-state index in [4.69, 9.17) is 0 Å². The molecule has 1 aromatic carbocycles. The van der Waals surface area contributed by atoms with Crippen LogP contribution >= 0.6 is 22.6 Å². The molecule has 14 heavy (non-hydrogen) atoms. The van der Waals surface area contributed by atoms with Crippen LogP contribution in [-0.4, -0.2) is 9.46 Å². The number of nitrogens with one attached hydrogen (secondary N) is 1. The second-order valence-corrected chi connectivity index (χ2v) is 5.98. The predicted octanol–water partition coefficient (Wildman–Crippen LogP) is 2.91. The van der Waals surface area contributed by atoms with E-state index >= 15 is 0 Å².